The number of nitrogens with one attached hydrogen (secondary N) is 2. The van der Waals surface area contributed by atoms with Crippen LogP contribution in [0.1, 0.15) is 33.1 Å². The molecule has 4 N–H and O–H groups in total. The molecule has 0 saturated carbocycles. The first-order valence-corrected chi connectivity index (χ1v) is 7.85. The molecule has 0 aliphatic rings. The Hall–Kier alpha value is -0.730. The zero-order valence-electron chi connectivity index (χ0n) is 10.7. The van der Waals surface area contributed by atoms with Gasteiger partial charge in [0, 0.05) is 19.5 Å². The van der Waals surface area contributed by atoms with Crippen molar-refractivity contribution in [2.75, 3.05) is 13.1 Å². The van der Waals surface area contributed by atoms with Gasteiger partial charge in [0.05, 0.1) is 4.99 Å². The van der Waals surface area contributed by atoms with Gasteiger partial charge in [-0.25, -0.2) is 13.1 Å². The van der Waals surface area contributed by atoms with E-state index in [1.165, 1.54) is 0 Å². The van der Waals surface area contributed by atoms with Gasteiger partial charge in [-0.3, -0.25) is 4.79 Å². The number of rotatable bonds is 9. The molecular formula is C10H21N3O3S2. The van der Waals surface area contributed by atoms with Crippen LogP contribution in [-0.2, 0) is 14.8 Å². The normalized spacial score (nSPS) is 13.0. The van der Waals surface area contributed by atoms with Crippen LogP contribution in [-0.4, -0.2) is 37.7 Å². The molecule has 0 aliphatic carbocycles. The van der Waals surface area contributed by atoms with Crippen molar-refractivity contribution < 1.29 is 13.2 Å². The third-order valence-electron chi connectivity index (χ3n) is 2.29. The van der Waals surface area contributed by atoms with E-state index in [9.17, 15) is 13.2 Å². The summed E-state index contributed by atoms with van der Waals surface area (Å²) in [4.78, 5) is 11.2. The lowest BCUT2D eigenvalue weighted by Gasteiger charge is -2.15. The predicted octanol–water partition coefficient (Wildman–Crippen LogP) is -0.113. The van der Waals surface area contributed by atoms with Gasteiger partial charge >= 0.3 is 0 Å². The maximum atomic E-state index is 11.8. The smallest absolute Gasteiger partial charge is 0.221 e. The lowest BCUT2D eigenvalue weighted by molar-refractivity contribution is -0.120. The number of sulfonamides is 1. The largest absolute Gasteiger partial charge is 0.392 e. The zero-order chi connectivity index (χ0) is 14.2. The van der Waals surface area contributed by atoms with Gasteiger partial charge in [-0.2, -0.15) is 0 Å². The van der Waals surface area contributed by atoms with E-state index < -0.39 is 15.3 Å². The van der Waals surface area contributed by atoms with Crippen molar-refractivity contribution in [2.24, 2.45) is 5.73 Å². The number of carbonyl (C=O) groups is 1. The van der Waals surface area contributed by atoms with E-state index in [0.29, 0.717) is 13.0 Å². The molecule has 0 spiro atoms. The first kappa shape index (κ1) is 17.3. The van der Waals surface area contributed by atoms with Gasteiger partial charge in [0.2, 0.25) is 15.9 Å². The standard InChI is InChI=1S/C10H21N3O3S2/c1-3-6-12-9(14)5-7-13-18(15,16)8(4-2)10(11)17/h8,13H,3-7H2,1-2H3,(H2,11,17)(H,12,14). The first-order chi connectivity index (χ1) is 8.35. The van der Waals surface area contributed by atoms with Gasteiger partial charge in [0.25, 0.3) is 0 Å². The molecule has 1 atom stereocenters. The lowest BCUT2D eigenvalue weighted by atomic mass is 10.3. The molecule has 1 unspecified atom stereocenters. The molecule has 106 valence electrons. The molecule has 1 amide bonds. The summed E-state index contributed by atoms with van der Waals surface area (Å²) in [5.74, 6) is -0.178. The van der Waals surface area contributed by atoms with Crippen molar-refractivity contribution in [2.45, 2.75) is 38.4 Å². The molecule has 0 saturated heterocycles. The van der Waals surface area contributed by atoms with Gasteiger partial charge in [-0.1, -0.05) is 26.1 Å². The topological polar surface area (TPSA) is 101 Å². The number of nitrogens with two attached hydrogens (primary N) is 1. The molecule has 0 aromatic carbocycles. The van der Waals surface area contributed by atoms with Crippen molar-refractivity contribution in [3.63, 3.8) is 0 Å². The molecule has 8 heteroatoms. The summed E-state index contributed by atoms with van der Waals surface area (Å²) >= 11 is 4.70. The van der Waals surface area contributed by atoms with Crippen molar-refractivity contribution in [1.29, 1.82) is 0 Å². The average Bonchev–Trinajstić information content (AvgIpc) is 2.25. The Morgan fingerprint density at radius 1 is 1.33 bits per heavy atom. The molecule has 18 heavy (non-hydrogen) atoms. The molecule has 0 aliphatic heterocycles. The summed E-state index contributed by atoms with van der Waals surface area (Å²) in [5, 5.41) is 1.78. The number of amides is 1. The fourth-order valence-corrected chi connectivity index (χ4v) is 3.21. The van der Waals surface area contributed by atoms with Crippen molar-refractivity contribution in [3.8, 4) is 0 Å². The highest BCUT2D eigenvalue weighted by atomic mass is 32.2. The van der Waals surface area contributed by atoms with Crippen LogP contribution in [0.15, 0.2) is 0 Å². The van der Waals surface area contributed by atoms with Crippen LogP contribution in [0, 0.1) is 0 Å². The van der Waals surface area contributed by atoms with Gasteiger partial charge in [0.1, 0.15) is 5.25 Å². The molecule has 0 aromatic rings. The minimum Gasteiger partial charge on any atom is -0.392 e. The second kappa shape index (κ2) is 8.39. The van der Waals surface area contributed by atoms with E-state index in [1.807, 2.05) is 6.92 Å². The Morgan fingerprint density at radius 3 is 2.39 bits per heavy atom. The van der Waals surface area contributed by atoms with Crippen molar-refractivity contribution >= 4 is 33.1 Å². The summed E-state index contributed by atoms with van der Waals surface area (Å²) in [6, 6.07) is 0. The Balaban J connectivity index is 4.19. The van der Waals surface area contributed by atoms with Crippen LogP contribution in [0.5, 0.6) is 0 Å². The average molecular weight is 295 g/mol. The summed E-state index contributed by atoms with van der Waals surface area (Å²) in [7, 11) is -3.58. The van der Waals surface area contributed by atoms with E-state index in [4.69, 9.17) is 18.0 Å². The van der Waals surface area contributed by atoms with Gasteiger partial charge in [0.15, 0.2) is 0 Å². The van der Waals surface area contributed by atoms with Crippen LogP contribution in [0.3, 0.4) is 0 Å². The SMILES string of the molecule is CCCNC(=O)CCNS(=O)(=O)C(CC)C(N)=S. The fourth-order valence-electron chi connectivity index (χ4n) is 1.33. The van der Waals surface area contributed by atoms with E-state index in [-0.39, 0.29) is 23.9 Å². The summed E-state index contributed by atoms with van der Waals surface area (Å²) in [6.45, 7) is 4.28. The van der Waals surface area contributed by atoms with Gasteiger partial charge < -0.3 is 11.1 Å². The predicted molar refractivity (Wildman–Crippen MR) is 75.7 cm³/mol. The Bertz CT molecular complexity index is 382. The summed E-state index contributed by atoms with van der Waals surface area (Å²) in [5.41, 5.74) is 5.36. The first-order valence-electron chi connectivity index (χ1n) is 5.89. The lowest BCUT2D eigenvalue weighted by Crippen LogP contribution is -2.42. The minimum atomic E-state index is -3.58. The number of hydrogen-bond acceptors (Lipinski definition) is 4. The number of carbonyl (C=O) groups excluding carboxylic acids is 1. The van der Waals surface area contributed by atoms with Crippen molar-refractivity contribution in [3.05, 3.63) is 0 Å². The maximum Gasteiger partial charge on any atom is 0.221 e. The Morgan fingerprint density at radius 2 is 1.94 bits per heavy atom. The summed E-state index contributed by atoms with van der Waals surface area (Å²) < 4.78 is 25.9. The molecule has 0 heterocycles. The maximum absolute atomic E-state index is 11.8. The molecular weight excluding hydrogens is 274 g/mol. The molecule has 0 radical (unpaired) electrons. The Labute approximate surface area is 114 Å². The highest BCUT2D eigenvalue weighted by Crippen LogP contribution is 2.04. The quantitative estimate of drug-likeness (QED) is 0.515. The van der Waals surface area contributed by atoms with Crippen LogP contribution >= 0.6 is 12.2 Å². The molecule has 0 bridgehead atoms. The molecule has 0 aromatic heterocycles. The van der Waals surface area contributed by atoms with Gasteiger partial charge in [-0.15, -0.1) is 0 Å². The molecule has 0 fully saturated rings. The van der Waals surface area contributed by atoms with E-state index in [2.05, 4.69) is 10.0 Å². The number of thiocarbonyl (C=S) groups is 1. The van der Waals surface area contributed by atoms with Crippen molar-refractivity contribution in [1.82, 2.24) is 10.0 Å². The zero-order valence-corrected chi connectivity index (χ0v) is 12.4. The summed E-state index contributed by atoms with van der Waals surface area (Å²) in [6.07, 6.45) is 1.26. The molecule has 6 nitrogen and oxygen atoms in total. The van der Waals surface area contributed by atoms with E-state index >= 15 is 0 Å². The second-order valence-electron chi connectivity index (χ2n) is 3.84. The van der Waals surface area contributed by atoms with Crippen LogP contribution in [0.25, 0.3) is 0 Å². The third kappa shape index (κ3) is 6.27. The second-order valence-corrected chi connectivity index (χ2v) is 6.26. The monoisotopic (exact) mass is 295 g/mol. The van der Waals surface area contributed by atoms with Gasteiger partial charge in [-0.05, 0) is 12.8 Å². The van der Waals surface area contributed by atoms with Crippen LogP contribution in [0.4, 0.5) is 0 Å². The molecule has 0 rings (SSSR count). The van der Waals surface area contributed by atoms with E-state index in [1.54, 1.807) is 6.92 Å². The third-order valence-corrected chi connectivity index (χ3v) is 4.67. The van der Waals surface area contributed by atoms with E-state index in [0.717, 1.165) is 6.42 Å². The van der Waals surface area contributed by atoms with Crippen LogP contribution in [0.2, 0.25) is 0 Å². The number of hydrogen-bond donors (Lipinski definition) is 3. The fraction of sp³-hybridized carbons (Fsp3) is 0.800. The minimum absolute atomic E-state index is 0.0526. The highest BCUT2D eigenvalue weighted by molar-refractivity contribution is 7.93. The highest BCUT2D eigenvalue weighted by Gasteiger charge is 2.25. The Kier molecular flexibility index (Phi) is 8.05. The van der Waals surface area contributed by atoms with Crippen LogP contribution < -0.4 is 15.8 Å².